The Bertz CT molecular complexity index is 3910. The minimum Gasteiger partial charge on any atom is -0.494 e. The van der Waals surface area contributed by atoms with Crippen molar-refractivity contribution in [3.63, 3.8) is 0 Å². The van der Waals surface area contributed by atoms with Crippen molar-refractivity contribution < 1.29 is 66.6 Å². The maximum absolute atomic E-state index is 13.1. The van der Waals surface area contributed by atoms with Crippen LogP contribution in [0.25, 0.3) is 21.7 Å². The zero-order chi connectivity index (χ0) is 63.8. The minimum atomic E-state index is -0.509. The van der Waals surface area contributed by atoms with Crippen LogP contribution in [0, 0.1) is 23.7 Å². The molecule has 0 aliphatic rings. The third kappa shape index (κ3) is 22.0. The van der Waals surface area contributed by atoms with E-state index in [-0.39, 0.29) is 0 Å². The molecule has 0 radical (unpaired) electrons. The van der Waals surface area contributed by atoms with Crippen LogP contribution in [-0.4, -0.2) is 74.5 Å². The summed E-state index contributed by atoms with van der Waals surface area (Å²) < 4.78 is 50.6. The topological polar surface area (TPSA) is 181 Å². The highest BCUT2D eigenvalue weighted by Gasteiger charge is 2.15. The van der Waals surface area contributed by atoms with Crippen molar-refractivity contribution in [3.8, 4) is 64.1 Å². The number of rotatable bonds is 33. The Morgan fingerprint density at radius 2 is 0.670 bits per heavy atom. The molecule has 8 aromatic rings. The molecule has 1 heterocycles. The van der Waals surface area contributed by atoms with Gasteiger partial charge >= 0.3 is 29.8 Å². The molecular formula is C76H71NO14. The first kappa shape index (κ1) is 66.1. The van der Waals surface area contributed by atoms with Gasteiger partial charge in [0.2, 0.25) is 5.88 Å². The van der Waals surface area contributed by atoms with Gasteiger partial charge in [-0.25, -0.2) is 29.0 Å². The predicted octanol–water partition coefficient (Wildman–Crippen LogP) is 15.4. The maximum Gasteiger partial charge on any atom is 0.343 e. The second kappa shape index (κ2) is 35.8. The number of nitrogens with zero attached hydrogens (tertiary/aromatic N) is 1. The molecule has 0 aliphatic heterocycles. The molecule has 8 rings (SSSR count). The monoisotopic (exact) mass is 1220 g/mol. The summed E-state index contributed by atoms with van der Waals surface area (Å²) in [6.45, 7) is 12.9. The van der Waals surface area contributed by atoms with Crippen LogP contribution in [0.2, 0.25) is 0 Å². The molecule has 0 fully saturated rings. The molecule has 0 atom stereocenters. The van der Waals surface area contributed by atoms with Gasteiger partial charge < -0.3 is 42.6 Å². The summed E-state index contributed by atoms with van der Waals surface area (Å²) in [6, 6.07) is 46.7. The van der Waals surface area contributed by atoms with Crippen LogP contribution < -0.4 is 28.4 Å². The molecule has 91 heavy (non-hydrogen) atoms. The fourth-order valence-corrected chi connectivity index (χ4v) is 9.07. The molecule has 0 aliphatic carbocycles. The highest BCUT2D eigenvalue weighted by atomic mass is 16.6. The lowest BCUT2D eigenvalue weighted by molar-refractivity contribution is -0.138. The number of hydrogen-bond acceptors (Lipinski definition) is 15. The van der Waals surface area contributed by atoms with E-state index in [9.17, 15) is 24.0 Å². The van der Waals surface area contributed by atoms with E-state index in [0.717, 1.165) is 111 Å². The smallest absolute Gasteiger partial charge is 0.343 e. The summed E-state index contributed by atoms with van der Waals surface area (Å²) in [5, 5.41) is 2.50. The molecule has 15 heteroatoms. The Kier molecular flexibility index (Phi) is 26.0. The fraction of sp³-hybridized carbons (Fsp3) is 0.237. The standard InChI is InChI=1S/C76H71NO14/c1-4-71(78)86-50-16-10-7-13-47-83-61-33-39-64(40-34-61)89-74-69-53-57(21-19-55-23-29-59(30-24-55)75(81)90-65-41-35-62(36-42-65)84-48-14-8-11-17-51-87-72(79)5-2)27-45-67(69)68-46-28-58(54-70(68)77-74)22-20-56-25-31-60(32-26-56)76(82)91-66-43-37-63(38-44-66)85-49-15-9-12-18-52-88-73(80)6-3/h4-6,23-46,53-54H,1-3,7-18,47-52H2. The van der Waals surface area contributed by atoms with Gasteiger partial charge in [-0.2, -0.15) is 0 Å². The van der Waals surface area contributed by atoms with E-state index >= 15 is 0 Å². The zero-order valence-corrected chi connectivity index (χ0v) is 50.8. The van der Waals surface area contributed by atoms with Gasteiger partial charge in [-0.3, -0.25) is 0 Å². The van der Waals surface area contributed by atoms with Crippen molar-refractivity contribution in [1.82, 2.24) is 4.98 Å². The first-order chi connectivity index (χ1) is 44.5. The zero-order valence-electron chi connectivity index (χ0n) is 50.8. The molecule has 0 saturated carbocycles. The van der Waals surface area contributed by atoms with Crippen LogP contribution in [-0.2, 0) is 28.6 Å². The fourth-order valence-electron chi connectivity index (χ4n) is 9.07. The molecule has 464 valence electrons. The molecular weight excluding hydrogens is 1150 g/mol. The van der Waals surface area contributed by atoms with Gasteiger partial charge in [0.25, 0.3) is 0 Å². The lowest BCUT2D eigenvalue weighted by Gasteiger charge is -2.12. The van der Waals surface area contributed by atoms with E-state index in [4.69, 9.17) is 47.6 Å². The first-order valence-electron chi connectivity index (χ1n) is 30.3. The van der Waals surface area contributed by atoms with Crippen LogP contribution in [0.3, 0.4) is 0 Å². The van der Waals surface area contributed by atoms with Gasteiger partial charge in [0.1, 0.15) is 34.5 Å². The Hall–Kier alpha value is -10.9. The maximum atomic E-state index is 13.1. The van der Waals surface area contributed by atoms with Crippen LogP contribution in [0.4, 0.5) is 0 Å². The van der Waals surface area contributed by atoms with E-state index in [1.54, 1.807) is 97.1 Å². The number of aromatic nitrogens is 1. The number of hydrogen-bond donors (Lipinski definition) is 0. The minimum absolute atomic E-state index is 0.361. The van der Waals surface area contributed by atoms with Gasteiger partial charge in [0.05, 0.1) is 56.3 Å². The van der Waals surface area contributed by atoms with E-state index in [0.29, 0.717) is 119 Å². The summed E-state index contributed by atoms with van der Waals surface area (Å²) >= 11 is 0. The van der Waals surface area contributed by atoms with Crippen molar-refractivity contribution in [3.05, 3.63) is 229 Å². The number of esters is 5. The average Bonchev–Trinajstić information content (AvgIpc) is 0.836. The third-order valence-electron chi connectivity index (χ3n) is 14.0. The average molecular weight is 1220 g/mol. The highest BCUT2D eigenvalue weighted by Crippen LogP contribution is 2.35. The Labute approximate surface area is 530 Å². The molecule has 1 aromatic heterocycles. The molecule has 0 spiro atoms. The van der Waals surface area contributed by atoms with E-state index in [1.807, 2.05) is 60.7 Å². The summed E-state index contributed by atoms with van der Waals surface area (Å²) in [5.74, 6) is 14.4. The van der Waals surface area contributed by atoms with Crippen molar-refractivity contribution >= 4 is 51.5 Å². The van der Waals surface area contributed by atoms with Crippen molar-refractivity contribution in [2.75, 3.05) is 39.6 Å². The number of pyridine rings is 1. The number of fused-ring (bicyclic) bond motifs is 3. The molecule has 0 unspecified atom stereocenters. The van der Waals surface area contributed by atoms with Crippen LogP contribution in [0.1, 0.15) is 120 Å². The third-order valence-corrected chi connectivity index (χ3v) is 14.0. The van der Waals surface area contributed by atoms with Crippen LogP contribution >= 0.6 is 0 Å². The SMILES string of the molecule is C=CC(=O)OCCCCCCOc1ccc(OC(=O)c2ccc(C#Cc3ccc4c(c3)nc(Oc3ccc(OCCCCCCOC(=O)C=C)cc3)c3cc(C#Cc5ccc(C(=O)Oc6ccc(OCCCCCCOC(=O)C=C)cc6)cc5)ccc34)cc2)cc1. The van der Waals surface area contributed by atoms with E-state index < -0.39 is 29.8 Å². The lowest BCUT2D eigenvalue weighted by Crippen LogP contribution is -2.08. The number of benzene rings is 7. The summed E-state index contributed by atoms with van der Waals surface area (Å²) in [4.78, 5) is 64.9. The number of ether oxygens (including phenoxy) is 9. The van der Waals surface area contributed by atoms with Gasteiger partial charge in [-0.05, 0) is 228 Å². The molecule has 7 aromatic carbocycles. The summed E-state index contributed by atoms with van der Waals surface area (Å²) in [6.07, 6.45) is 13.9. The molecule has 0 bridgehead atoms. The van der Waals surface area contributed by atoms with Gasteiger partial charge in [0.15, 0.2) is 0 Å². The van der Waals surface area contributed by atoms with E-state index in [1.165, 1.54) is 0 Å². The Morgan fingerprint density at radius 3 is 1.07 bits per heavy atom. The van der Waals surface area contributed by atoms with Crippen LogP contribution in [0.5, 0.6) is 40.4 Å². The lowest BCUT2D eigenvalue weighted by atomic mass is 10.0. The number of carbonyl (C=O) groups excluding carboxylic acids is 5. The summed E-state index contributed by atoms with van der Waals surface area (Å²) in [5.41, 5.74) is 4.21. The number of carbonyl (C=O) groups is 5. The van der Waals surface area contributed by atoms with E-state index in [2.05, 4.69) is 43.4 Å². The molecule has 0 saturated heterocycles. The molecule has 15 nitrogen and oxygen atoms in total. The quantitative estimate of drug-likeness (QED) is 0.00720. The first-order valence-corrected chi connectivity index (χ1v) is 30.3. The summed E-state index contributed by atoms with van der Waals surface area (Å²) in [7, 11) is 0. The number of unbranched alkanes of at least 4 members (excludes halogenated alkanes) is 9. The van der Waals surface area contributed by atoms with Crippen molar-refractivity contribution in [2.45, 2.75) is 77.0 Å². The van der Waals surface area contributed by atoms with Crippen molar-refractivity contribution in [1.29, 1.82) is 0 Å². The van der Waals surface area contributed by atoms with Gasteiger partial charge in [-0.15, -0.1) is 0 Å². The normalized spacial score (nSPS) is 10.5. The second-order valence-electron chi connectivity index (χ2n) is 20.8. The Balaban J connectivity index is 0.895. The van der Waals surface area contributed by atoms with Gasteiger partial charge in [-0.1, -0.05) is 55.6 Å². The van der Waals surface area contributed by atoms with Gasteiger partial charge in [0, 0.05) is 51.3 Å². The highest BCUT2D eigenvalue weighted by molar-refractivity contribution is 6.08. The molecule has 0 N–H and O–H groups in total. The molecule has 0 amide bonds. The predicted molar refractivity (Wildman–Crippen MR) is 349 cm³/mol. The van der Waals surface area contributed by atoms with Crippen LogP contribution in [0.15, 0.2) is 196 Å². The second-order valence-corrected chi connectivity index (χ2v) is 20.8. The Morgan fingerprint density at radius 1 is 0.341 bits per heavy atom. The largest absolute Gasteiger partial charge is 0.494 e. The van der Waals surface area contributed by atoms with Crippen molar-refractivity contribution in [2.24, 2.45) is 0 Å².